The summed E-state index contributed by atoms with van der Waals surface area (Å²) in [5, 5.41) is 3.57. The molecule has 0 unspecified atom stereocenters. The highest BCUT2D eigenvalue weighted by Crippen LogP contribution is 2.35. The molecule has 3 aromatic carbocycles. The van der Waals surface area contributed by atoms with E-state index >= 15 is 0 Å². The molecule has 0 radical (unpaired) electrons. The van der Waals surface area contributed by atoms with E-state index in [2.05, 4.69) is 5.32 Å². The molecule has 7 nitrogen and oxygen atoms in total. The molecule has 6 rings (SSSR count). The van der Waals surface area contributed by atoms with Gasteiger partial charge in [0.05, 0.1) is 17.1 Å². The summed E-state index contributed by atoms with van der Waals surface area (Å²) in [6, 6.07) is 26.2. The smallest absolute Gasteiger partial charge is 0.270 e. The van der Waals surface area contributed by atoms with E-state index in [0.29, 0.717) is 17.2 Å². The number of anilines is 1. The first-order chi connectivity index (χ1) is 18.1. The monoisotopic (exact) mass is 524 g/mol. The Morgan fingerprint density at radius 2 is 1.59 bits per heavy atom. The lowest BCUT2D eigenvalue weighted by molar-refractivity contribution is -0.122. The fourth-order valence-electron chi connectivity index (χ4n) is 4.27. The number of thiocarbonyl (C=S) groups is 1. The van der Waals surface area contributed by atoms with Crippen molar-refractivity contribution < 1.29 is 14.3 Å². The minimum Gasteiger partial charge on any atom is -0.457 e. The summed E-state index contributed by atoms with van der Waals surface area (Å²) in [6.07, 6.45) is 1.63. The van der Waals surface area contributed by atoms with E-state index in [4.69, 9.17) is 21.9 Å². The van der Waals surface area contributed by atoms with Crippen LogP contribution in [-0.2, 0) is 16.1 Å². The van der Waals surface area contributed by atoms with Crippen LogP contribution < -0.4 is 15.0 Å². The van der Waals surface area contributed by atoms with Gasteiger partial charge in [-0.25, -0.2) is 4.98 Å². The van der Waals surface area contributed by atoms with Gasteiger partial charge in [0, 0.05) is 17.9 Å². The van der Waals surface area contributed by atoms with Crippen molar-refractivity contribution in [3.63, 3.8) is 0 Å². The molecule has 2 aliphatic rings. The van der Waals surface area contributed by atoms with Crippen molar-refractivity contribution in [1.29, 1.82) is 0 Å². The Morgan fingerprint density at radius 1 is 0.919 bits per heavy atom. The number of carbonyl (C=O) groups is 2. The summed E-state index contributed by atoms with van der Waals surface area (Å²) in [5.41, 5.74) is 2.90. The first kappa shape index (κ1) is 23.2. The first-order valence-electron chi connectivity index (χ1n) is 11.6. The van der Waals surface area contributed by atoms with Crippen LogP contribution in [-0.4, -0.2) is 32.2 Å². The third-order valence-corrected chi connectivity index (χ3v) is 7.26. The van der Waals surface area contributed by atoms with Crippen molar-refractivity contribution in [1.82, 2.24) is 14.9 Å². The number of nitrogens with zero attached hydrogens (tertiary/aromatic N) is 3. The molecule has 1 saturated heterocycles. The number of rotatable bonds is 5. The lowest BCUT2D eigenvalue weighted by atomic mass is 10.1. The molecule has 3 heterocycles. The van der Waals surface area contributed by atoms with Gasteiger partial charge in [0.2, 0.25) is 0 Å². The van der Waals surface area contributed by atoms with E-state index in [1.54, 1.807) is 42.1 Å². The summed E-state index contributed by atoms with van der Waals surface area (Å²) >= 11 is 7.03. The number of aromatic nitrogens is 2. The van der Waals surface area contributed by atoms with Crippen molar-refractivity contribution >= 4 is 52.7 Å². The minimum absolute atomic E-state index is 0.00464. The summed E-state index contributed by atoms with van der Waals surface area (Å²) in [6.45, 7) is 0.750. The molecule has 182 valence electrons. The average molecular weight is 525 g/mol. The third-order valence-electron chi connectivity index (χ3n) is 6.02. The van der Waals surface area contributed by atoms with Gasteiger partial charge in [0.1, 0.15) is 17.1 Å². The number of ether oxygens (including phenoxy) is 1. The zero-order chi connectivity index (χ0) is 25.4. The molecule has 37 heavy (non-hydrogen) atoms. The molecular weight excluding hydrogens is 504 g/mol. The zero-order valence-electron chi connectivity index (χ0n) is 19.5. The molecule has 0 saturated carbocycles. The molecule has 2 aliphatic heterocycles. The number of nitrogens with one attached hydrogen (secondary N) is 1. The molecule has 1 aromatic heterocycles. The fraction of sp³-hybridized carbons (Fsp3) is 0.0714. The van der Waals surface area contributed by atoms with Gasteiger partial charge < -0.3 is 9.30 Å². The summed E-state index contributed by atoms with van der Waals surface area (Å²) in [7, 11) is 0. The van der Waals surface area contributed by atoms with E-state index < -0.39 is 11.8 Å². The first-order valence-corrected chi connectivity index (χ1v) is 13.0. The molecule has 4 aromatic rings. The number of benzene rings is 3. The van der Waals surface area contributed by atoms with Crippen molar-refractivity contribution in [3.8, 4) is 22.8 Å². The van der Waals surface area contributed by atoms with Gasteiger partial charge in [0.15, 0.2) is 10.3 Å². The van der Waals surface area contributed by atoms with Crippen LogP contribution in [0.4, 0.5) is 5.69 Å². The van der Waals surface area contributed by atoms with E-state index in [9.17, 15) is 9.59 Å². The molecule has 0 spiro atoms. The lowest BCUT2D eigenvalue weighted by Gasteiger charge is -2.29. The number of hydrogen-bond donors (Lipinski definition) is 1. The molecular formula is C28H20N4O3S2. The van der Waals surface area contributed by atoms with E-state index in [-0.39, 0.29) is 10.7 Å². The number of carbonyl (C=O) groups excluding carboxylic acids is 2. The van der Waals surface area contributed by atoms with Crippen LogP contribution in [0.25, 0.3) is 17.3 Å². The third kappa shape index (κ3) is 4.43. The highest BCUT2D eigenvalue weighted by atomic mass is 32.2. The topological polar surface area (TPSA) is 76.5 Å². The van der Waals surface area contributed by atoms with Crippen molar-refractivity contribution in [2.75, 3.05) is 10.7 Å². The molecule has 0 atom stereocenters. The van der Waals surface area contributed by atoms with Crippen LogP contribution in [0.2, 0.25) is 0 Å². The molecule has 1 fully saturated rings. The van der Waals surface area contributed by atoms with Gasteiger partial charge in [-0.1, -0.05) is 60.3 Å². The predicted molar refractivity (Wildman–Crippen MR) is 148 cm³/mol. The Hall–Kier alpha value is -4.21. The maximum absolute atomic E-state index is 13.6. The van der Waals surface area contributed by atoms with E-state index in [1.807, 2.05) is 65.2 Å². The number of imidazole rings is 1. The lowest BCUT2D eigenvalue weighted by Crippen LogP contribution is -2.54. The second-order valence-electron chi connectivity index (χ2n) is 8.36. The normalized spacial score (nSPS) is 16.2. The summed E-state index contributed by atoms with van der Waals surface area (Å²) in [4.78, 5) is 32.7. The molecule has 0 aliphatic carbocycles. The quantitative estimate of drug-likeness (QED) is 0.218. The number of fused-ring (bicyclic) bond motifs is 1. The van der Waals surface area contributed by atoms with Gasteiger partial charge >= 0.3 is 0 Å². The van der Waals surface area contributed by atoms with E-state index in [0.717, 1.165) is 34.4 Å². The highest BCUT2D eigenvalue weighted by molar-refractivity contribution is 7.99. The van der Waals surface area contributed by atoms with Crippen molar-refractivity contribution in [3.05, 3.63) is 96.2 Å². The summed E-state index contributed by atoms with van der Waals surface area (Å²) in [5.74, 6) is 1.19. The van der Waals surface area contributed by atoms with Crippen molar-refractivity contribution in [2.24, 2.45) is 0 Å². The van der Waals surface area contributed by atoms with Crippen LogP contribution in [0.5, 0.6) is 11.5 Å². The second kappa shape index (κ2) is 9.68. The van der Waals surface area contributed by atoms with Gasteiger partial charge in [0.25, 0.3) is 11.8 Å². The maximum Gasteiger partial charge on any atom is 0.270 e. The number of amides is 2. The van der Waals surface area contributed by atoms with Gasteiger partial charge in [-0.3, -0.25) is 19.8 Å². The van der Waals surface area contributed by atoms with Crippen LogP contribution in [0, 0.1) is 0 Å². The van der Waals surface area contributed by atoms with Gasteiger partial charge in [-0.05, 0) is 54.7 Å². The van der Waals surface area contributed by atoms with Crippen LogP contribution >= 0.6 is 24.0 Å². The fourth-order valence-corrected chi connectivity index (χ4v) is 5.51. The zero-order valence-corrected chi connectivity index (χ0v) is 21.1. The average Bonchev–Trinajstić information content (AvgIpc) is 3.51. The Balaban J connectivity index is 1.34. The largest absolute Gasteiger partial charge is 0.457 e. The van der Waals surface area contributed by atoms with Crippen molar-refractivity contribution in [2.45, 2.75) is 11.7 Å². The second-order valence-corrected chi connectivity index (χ2v) is 9.81. The van der Waals surface area contributed by atoms with Crippen LogP contribution in [0.1, 0.15) is 5.69 Å². The van der Waals surface area contributed by atoms with Crippen LogP contribution in [0.15, 0.2) is 95.7 Å². The van der Waals surface area contributed by atoms with Gasteiger partial charge in [-0.15, -0.1) is 0 Å². The molecule has 1 N–H and O–H groups in total. The Bertz CT molecular complexity index is 1550. The number of thioether (sulfide) groups is 1. The van der Waals surface area contributed by atoms with Gasteiger partial charge in [-0.2, -0.15) is 0 Å². The Labute approximate surface area is 222 Å². The standard InChI is InChI=1S/C28H20N4O3S2/c33-25-22(17-23-24(18-7-3-1-4-8-18)29-28-31(23)15-16-37-28)26(34)32(27(36)30-25)19-11-13-21(14-12-19)35-20-9-5-2-6-10-20/h1-14,17H,15-16H2,(H,30,33,36)/b22-17+. The Morgan fingerprint density at radius 3 is 2.32 bits per heavy atom. The molecule has 0 bridgehead atoms. The summed E-state index contributed by atoms with van der Waals surface area (Å²) < 4.78 is 7.90. The maximum atomic E-state index is 13.6. The molecule has 9 heteroatoms. The minimum atomic E-state index is -0.532. The SMILES string of the molecule is O=C1NC(=S)N(c2ccc(Oc3ccccc3)cc2)C(=O)/C1=C/c1c(-c2ccccc2)nc2n1CCS2. The van der Waals surface area contributed by atoms with E-state index in [1.165, 1.54) is 4.90 Å². The molecule has 2 amide bonds. The highest BCUT2D eigenvalue weighted by Gasteiger charge is 2.35. The van der Waals surface area contributed by atoms with Crippen LogP contribution in [0.3, 0.4) is 0 Å². The Kier molecular flexibility index (Phi) is 6.07. The predicted octanol–water partition coefficient (Wildman–Crippen LogP) is 5.28. The number of para-hydroxylation sites is 1. The number of hydrogen-bond acceptors (Lipinski definition) is 6.